The molecule has 4 heterocycles. The lowest BCUT2D eigenvalue weighted by molar-refractivity contribution is -0.138. The molecule has 238 valence electrons. The van der Waals surface area contributed by atoms with Crippen LogP contribution in [0.3, 0.4) is 0 Å². The first-order valence-electron chi connectivity index (χ1n) is 15.1. The molecule has 1 amide bonds. The zero-order chi connectivity index (χ0) is 31.6. The van der Waals surface area contributed by atoms with Crippen molar-refractivity contribution in [2.75, 3.05) is 26.3 Å². The number of aromatic nitrogens is 1. The Morgan fingerprint density at radius 1 is 1.07 bits per heavy atom. The van der Waals surface area contributed by atoms with Crippen molar-refractivity contribution in [3.05, 3.63) is 89.0 Å². The van der Waals surface area contributed by atoms with Crippen LogP contribution in [-0.2, 0) is 32.9 Å². The Balaban J connectivity index is 1.35. The highest BCUT2D eigenvalue weighted by Crippen LogP contribution is 2.63. The topological polar surface area (TPSA) is 97.4 Å². The molecule has 8 nitrogen and oxygen atoms in total. The second-order valence-electron chi connectivity index (χ2n) is 12.4. The highest BCUT2D eigenvalue weighted by atomic mass is 32.2. The SMILES string of the molecule is O=C(NCc1ncccc1C(F)(F)F)c1ccc2c(c1)C1(CCNCC1)C(C1CC1)[N+]2(C1COC1)S(=O)(=O)c1ccc(F)cc1. The number of nitrogens with zero attached hydrogens (tertiary/aromatic N) is 2. The molecule has 2 saturated heterocycles. The summed E-state index contributed by atoms with van der Waals surface area (Å²) >= 11 is 0. The molecule has 2 atom stereocenters. The number of sulfonamides is 1. The van der Waals surface area contributed by atoms with Gasteiger partial charge >= 0.3 is 16.2 Å². The van der Waals surface area contributed by atoms with Gasteiger partial charge in [-0.05, 0) is 87.3 Å². The number of alkyl halides is 3. The summed E-state index contributed by atoms with van der Waals surface area (Å²) in [7, 11) is -4.16. The minimum atomic E-state index is -4.62. The van der Waals surface area contributed by atoms with E-state index >= 15 is 8.42 Å². The van der Waals surface area contributed by atoms with Gasteiger partial charge in [-0.25, -0.2) is 4.39 Å². The van der Waals surface area contributed by atoms with Crippen molar-refractivity contribution in [1.82, 2.24) is 19.5 Å². The number of hydrogen-bond acceptors (Lipinski definition) is 6. The molecular weight excluding hydrogens is 612 g/mol. The fourth-order valence-electron chi connectivity index (χ4n) is 7.90. The number of halogens is 4. The number of rotatable bonds is 7. The summed E-state index contributed by atoms with van der Waals surface area (Å²) in [5.74, 6) is -0.998. The fraction of sp³-hybridized carbons (Fsp3) is 0.438. The standard InChI is InChI=1S/C32H32F4N4O4S/c33-22-6-8-24(9-7-22)45(42,43)40(23-18-44-19-23)28-10-5-21(30(41)39-17-27-25(32(34,35)36)2-1-13-38-27)16-26(28)31(11-14-37-15-12-31)29(40)20-3-4-20/h1-2,5-10,13,16,20,23,29,37H,3-4,11-12,14-15,17-19H2/p+1. The van der Waals surface area contributed by atoms with E-state index in [4.69, 9.17) is 4.74 Å². The number of pyridine rings is 1. The van der Waals surface area contributed by atoms with E-state index in [0.29, 0.717) is 31.6 Å². The van der Waals surface area contributed by atoms with E-state index in [1.807, 2.05) is 0 Å². The number of ether oxygens (including phenoxy) is 1. The van der Waals surface area contributed by atoms with Gasteiger partial charge in [-0.15, -0.1) is 0 Å². The number of hydrogen-bond donors (Lipinski definition) is 2. The number of carbonyl (C=O) groups is 1. The van der Waals surface area contributed by atoms with Crippen LogP contribution in [0.25, 0.3) is 0 Å². The van der Waals surface area contributed by atoms with Crippen LogP contribution in [0.1, 0.15) is 52.9 Å². The van der Waals surface area contributed by atoms with Gasteiger partial charge in [0.2, 0.25) is 0 Å². The minimum absolute atomic E-state index is 0.0241. The summed E-state index contributed by atoms with van der Waals surface area (Å²) < 4.78 is 89.9. The summed E-state index contributed by atoms with van der Waals surface area (Å²) in [6, 6.07) is 11.3. The molecule has 13 heteroatoms. The average Bonchev–Trinajstić information content (AvgIpc) is 3.80. The zero-order valence-corrected chi connectivity index (χ0v) is 25.1. The number of nitrogens with one attached hydrogen (secondary N) is 2. The summed E-state index contributed by atoms with van der Waals surface area (Å²) in [4.78, 5) is 17.3. The molecule has 1 aliphatic carbocycles. The summed E-state index contributed by atoms with van der Waals surface area (Å²) in [5.41, 5.74) is -0.197. The van der Waals surface area contributed by atoms with Gasteiger partial charge in [0.1, 0.15) is 30.0 Å². The van der Waals surface area contributed by atoms with Crippen molar-refractivity contribution in [1.29, 1.82) is 0 Å². The van der Waals surface area contributed by atoms with Crippen LogP contribution in [-0.4, -0.2) is 57.7 Å². The summed E-state index contributed by atoms with van der Waals surface area (Å²) in [6.07, 6.45) is -0.320. The Kier molecular flexibility index (Phi) is 7.30. The van der Waals surface area contributed by atoms with Crippen molar-refractivity contribution in [2.45, 2.75) is 60.8 Å². The van der Waals surface area contributed by atoms with E-state index in [1.54, 1.807) is 18.2 Å². The van der Waals surface area contributed by atoms with Gasteiger partial charge in [-0.2, -0.15) is 25.5 Å². The number of fused-ring (bicyclic) bond motifs is 2. The second-order valence-corrected chi connectivity index (χ2v) is 14.5. The van der Waals surface area contributed by atoms with Crippen LogP contribution in [0.2, 0.25) is 0 Å². The van der Waals surface area contributed by atoms with E-state index < -0.39 is 51.5 Å². The number of piperidine rings is 1. The predicted octanol–water partition coefficient (Wildman–Crippen LogP) is 4.68. The van der Waals surface area contributed by atoms with Crippen molar-refractivity contribution in [2.24, 2.45) is 5.92 Å². The molecular formula is C32H33F4N4O4S+. The van der Waals surface area contributed by atoms with Crippen molar-refractivity contribution < 1.29 is 35.5 Å². The molecule has 2 aromatic carbocycles. The van der Waals surface area contributed by atoms with Crippen LogP contribution >= 0.6 is 0 Å². The van der Waals surface area contributed by atoms with Crippen molar-refractivity contribution in [3.8, 4) is 0 Å². The number of amides is 1. The van der Waals surface area contributed by atoms with Gasteiger partial charge in [-0.3, -0.25) is 9.78 Å². The van der Waals surface area contributed by atoms with Crippen LogP contribution in [0, 0.1) is 11.7 Å². The molecule has 45 heavy (non-hydrogen) atoms. The van der Waals surface area contributed by atoms with E-state index in [9.17, 15) is 22.4 Å². The number of carbonyl (C=O) groups excluding carboxylic acids is 1. The third kappa shape index (κ3) is 4.69. The normalized spacial score (nSPS) is 24.7. The molecule has 4 aliphatic rings. The van der Waals surface area contributed by atoms with Crippen LogP contribution in [0.4, 0.5) is 23.2 Å². The summed E-state index contributed by atoms with van der Waals surface area (Å²) in [5, 5.41) is 5.99. The Morgan fingerprint density at radius 3 is 2.40 bits per heavy atom. The molecule has 7 rings (SSSR count). The molecule has 2 N–H and O–H groups in total. The van der Waals surface area contributed by atoms with Crippen molar-refractivity contribution >= 4 is 21.6 Å². The largest absolute Gasteiger partial charge is 0.418 e. The maximum absolute atomic E-state index is 15.0. The van der Waals surface area contributed by atoms with Crippen LogP contribution < -0.4 is 14.5 Å². The third-order valence-electron chi connectivity index (χ3n) is 10.00. The smallest absolute Gasteiger partial charge is 0.369 e. The van der Waals surface area contributed by atoms with Crippen molar-refractivity contribution in [3.63, 3.8) is 0 Å². The lowest BCUT2D eigenvalue weighted by atomic mass is 9.68. The Bertz CT molecular complexity index is 1740. The molecule has 0 radical (unpaired) electrons. The van der Waals surface area contributed by atoms with E-state index in [-0.39, 0.29) is 45.2 Å². The maximum atomic E-state index is 15.0. The third-order valence-corrected chi connectivity index (χ3v) is 12.4. The van der Waals surface area contributed by atoms with Crippen LogP contribution in [0.15, 0.2) is 65.7 Å². The molecule has 1 spiro atoms. The first kappa shape index (κ1) is 30.3. The first-order valence-corrected chi connectivity index (χ1v) is 16.6. The lowest BCUT2D eigenvalue weighted by Crippen LogP contribution is -2.73. The molecule has 3 fully saturated rings. The van der Waals surface area contributed by atoms with E-state index in [1.165, 1.54) is 24.4 Å². The van der Waals surface area contributed by atoms with E-state index in [0.717, 1.165) is 36.6 Å². The fourth-order valence-corrected chi connectivity index (χ4v) is 10.3. The maximum Gasteiger partial charge on any atom is 0.418 e. The summed E-state index contributed by atoms with van der Waals surface area (Å²) in [6.45, 7) is 1.38. The first-order chi connectivity index (χ1) is 21.5. The number of benzene rings is 2. The number of quaternary nitrogens is 1. The minimum Gasteiger partial charge on any atom is -0.369 e. The van der Waals surface area contributed by atoms with Crippen LogP contribution in [0.5, 0.6) is 0 Å². The van der Waals surface area contributed by atoms with Gasteiger partial charge in [-0.1, -0.05) is 0 Å². The quantitative estimate of drug-likeness (QED) is 0.286. The lowest BCUT2D eigenvalue weighted by Gasteiger charge is -2.51. The Hall–Kier alpha value is -3.39. The zero-order valence-electron chi connectivity index (χ0n) is 24.3. The molecule has 0 bridgehead atoms. The highest BCUT2D eigenvalue weighted by Gasteiger charge is 2.73. The predicted molar refractivity (Wildman–Crippen MR) is 157 cm³/mol. The van der Waals surface area contributed by atoms with Gasteiger partial charge in [0.15, 0.2) is 11.7 Å². The average molecular weight is 646 g/mol. The Morgan fingerprint density at radius 2 is 1.78 bits per heavy atom. The van der Waals surface area contributed by atoms with Gasteiger partial charge in [0, 0.05) is 29.3 Å². The van der Waals surface area contributed by atoms with Gasteiger partial charge in [0.25, 0.3) is 5.91 Å². The van der Waals surface area contributed by atoms with Gasteiger partial charge < -0.3 is 15.4 Å². The van der Waals surface area contributed by atoms with Gasteiger partial charge in [0.05, 0.1) is 23.2 Å². The second kappa shape index (κ2) is 10.9. The molecule has 2 unspecified atom stereocenters. The molecule has 1 saturated carbocycles. The highest BCUT2D eigenvalue weighted by molar-refractivity contribution is 7.91. The van der Waals surface area contributed by atoms with E-state index in [2.05, 4.69) is 15.6 Å². The molecule has 3 aliphatic heterocycles. The Labute approximate surface area is 258 Å². The molecule has 3 aromatic rings. The molecule has 1 aromatic heterocycles. The monoisotopic (exact) mass is 645 g/mol.